The highest BCUT2D eigenvalue weighted by Crippen LogP contribution is 2.22. The predicted molar refractivity (Wildman–Crippen MR) is 56.6 cm³/mol. The Balaban J connectivity index is 1.97. The van der Waals surface area contributed by atoms with Crippen LogP contribution in [0.4, 0.5) is 4.79 Å². The lowest BCUT2D eigenvalue weighted by Crippen LogP contribution is -2.16. The fourth-order valence-corrected chi connectivity index (χ4v) is 2.35. The smallest absolute Gasteiger partial charge is 0.279 e. The minimum Gasteiger partial charge on any atom is -0.508 e. The molecular formula is C10H11NO2S. The van der Waals surface area contributed by atoms with Gasteiger partial charge in [0, 0.05) is 11.8 Å². The van der Waals surface area contributed by atoms with Crippen molar-refractivity contribution >= 4 is 17.0 Å². The second kappa shape index (κ2) is 3.92. The number of thioether (sulfide) groups is 1. The number of amides is 1. The number of phenolic OH excluding ortho intramolecular Hbond substituents is 1. The maximum absolute atomic E-state index is 10.9. The van der Waals surface area contributed by atoms with Gasteiger partial charge in [-0.1, -0.05) is 23.9 Å². The van der Waals surface area contributed by atoms with E-state index in [1.807, 2.05) is 12.1 Å². The van der Waals surface area contributed by atoms with E-state index >= 15 is 0 Å². The first kappa shape index (κ1) is 9.40. The van der Waals surface area contributed by atoms with Gasteiger partial charge in [0.05, 0.1) is 0 Å². The molecule has 1 amide bonds. The molecule has 1 unspecified atom stereocenters. The molecule has 1 aromatic rings. The Morgan fingerprint density at radius 2 is 2.14 bits per heavy atom. The molecule has 0 aliphatic carbocycles. The number of hydrogen-bond donors (Lipinski definition) is 2. The molecule has 0 bridgehead atoms. The number of nitrogens with one attached hydrogen (secondary N) is 1. The number of phenols is 1. The normalized spacial score (nSPS) is 20.9. The molecule has 14 heavy (non-hydrogen) atoms. The van der Waals surface area contributed by atoms with Crippen molar-refractivity contribution in [2.24, 2.45) is 0 Å². The van der Waals surface area contributed by atoms with Crippen LogP contribution in [0.5, 0.6) is 5.75 Å². The quantitative estimate of drug-likeness (QED) is 0.780. The zero-order chi connectivity index (χ0) is 9.97. The van der Waals surface area contributed by atoms with Crippen molar-refractivity contribution < 1.29 is 9.90 Å². The summed E-state index contributed by atoms with van der Waals surface area (Å²) in [5.41, 5.74) is 1.15. The summed E-state index contributed by atoms with van der Waals surface area (Å²) in [6, 6.07) is 7.12. The Hall–Kier alpha value is -1.16. The number of benzene rings is 1. The van der Waals surface area contributed by atoms with Crippen LogP contribution in [-0.2, 0) is 6.42 Å². The monoisotopic (exact) mass is 209 g/mol. The summed E-state index contributed by atoms with van der Waals surface area (Å²) in [4.78, 5) is 10.9. The van der Waals surface area contributed by atoms with Crippen molar-refractivity contribution in [2.45, 2.75) is 11.7 Å². The number of carbonyl (C=O) groups excluding carboxylic acids is 1. The maximum Gasteiger partial charge on any atom is 0.279 e. The van der Waals surface area contributed by atoms with Crippen molar-refractivity contribution in [3.05, 3.63) is 29.8 Å². The van der Waals surface area contributed by atoms with Crippen molar-refractivity contribution in [1.29, 1.82) is 0 Å². The van der Waals surface area contributed by atoms with Gasteiger partial charge in [-0.25, -0.2) is 0 Å². The summed E-state index contributed by atoms with van der Waals surface area (Å²) in [6.45, 7) is 0.740. The molecule has 1 atom stereocenters. The summed E-state index contributed by atoms with van der Waals surface area (Å²) >= 11 is 1.35. The standard InChI is InChI=1S/C10H11NO2S/c12-8-3-1-7(2-4-8)5-9-6-11-10(13)14-9/h1-4,9,12H,5-6H2,(H,11,13). The van der Waals surface area contributed by atoms with Gasteiger partial charge in [-0.2, -0.15) is 0 Å². The molecule has 3 nitrogen and oxygen atoms in total. The highest BCUT2D eigenvalue weighted by molar-refractivity contribution is 8.14. The van der Waals surface area contributed by atoms with E-state index in [1.165, 1.54) is 11.8 Å². The molecule has 0 spiro atoms. The van der Waals surface area contributed by atoms with E-state index in [-0.39, 0.29) is 11.0 Å². The third-order valence-electron chi connectivity index (χ3n) is 2.15. The zero-order valence-electron chi connectivity index (χ0n) is 7.56. The average molecular weight is 209 g/mol. The molecule has 1 heterocycles. The van der Waals surface area contributed by atoms with E-state index in [9.17, 15) is 4.79 Å². The molecule has 0 radical (unpaired) electrons. The largest absolute Gasteiger partial charge is 0.508 e. The third-order valence-corrected chi connectivity index (χ3v) is 3.17. The van der Waals surface area contributed by atoms with E-state index in [1.54, 1.807) is 12.1 Å². The van der Waals surface area contributed by atoms with E-state index in [0.717, 1.165) is 18.5 Å². The third kappa shape index (κ3) is 2.20. The van der Waals surface area contributed by atoms with Crippen molar-refractivity contribution in [3.8, 4) is 5.75 Å². The van der Waals surface area contributed by atoms with Crippen LogP contribution in [0, 0.1) is 0 Å². The summed E-state index contributed by atoms with van der Waals surface area (Å²) in [5, 5.41) is 12.3. The highest BCUT2D eigenvalue weighted by atomic mass is 32.2. The molecule has 4 heteroatoms. The van der Waals surface area contributed by atoms with Crippen LogP contribution < -0.4 is 5.32 Å². The van der Waals surface area contributed by atoms with E-state index in [0.29, 0.717) is 5.25 Å². The van der Waals surface area contributed by atoms with Crippen LogP contribution >= 0.6 is 11.8 Å². The highest BCUT2D eigenvalue weighted by Gasteiger charge is 2.22. The lowest BCUT2D eigenvalue weighted by molar-refractivity contribution is 0.262. The first-order valence-corrected chi connectivity index (χ1v) is 5.34. The van der Waals surface area contributed by atoms with Crippen LogP contribution in [0.15, 0.2) is 24.3 Å². The van der Waals surface area contributed by atoms with Gasteiger partial charge in [-0.05, 0) is 24.1 Å². The van der Waals surface area contributed by atoms with Gasteiger partial charge >= 0.3 is 0 Å². The van der Waals surface area contributed by atoms with Gasteiger partial charge in [0.1, 0.15) is 5.75 Å². The average Bonchev–Trinajstić information content (AvgIpc) is 2.56. The lowest BCUT2D eigenvalue weighted by Gasteiger charge is -2.05. The van der Waals surface area contributed by atoms with E-state index in [4.69, 9.17) is 5.11 Å². The molecule has 1 aromatic carbocycles. The van der Waals surface area contributed by atoms with Crippen molar-refractivity contribution in [3.63, 3.8) is 0 Å². The SMILES string of the molecule is O=C1NCC(Cc2ccc(O)cc2)S1. The molecule has 2 rings (SSSR count). The first-order valence-electron chi connectivity index (χ1n) is 4.46. The van der Waals surface area contributed by atoms with Crippen molar-refractivity contribution in [2.75, 3.05) is 6.54 Å². The molecule has 0 saturated carbocycles. The minimum absolute atomic E-state index is 0.0637. The van der Waals surface area contributed by atoms with Crippen LogP contribution in [0.2, 0.25) is 0 Å². The molecule has 0 aromatic heterocycles. The fourth-order valence-electron chi connectivity index (χ4n) is 1.44. The predicted octanol–water partition coefficient (Wildman–Crippen LogP) is 1.76. The summed E-state index contributed by atoms with van der Waals surface area (Å²) < 4.78 is 0. The lowest BCUT2D eigenvalue weighted by atomic mass is 10.1. The number of hydrogen-bond acceptors (Lipinski definition) is 3. The summed E-state index contributed by atoms with van der Waals surface area (Å²) in [7, 11) is 0. The molecular weight excluding hydrogens is 198 g/mol. The Labute approximate surface area is 86.5 Å². The van der Waals surface area contributed by atoms with Gasteiger partial charge in [0.25, 0.3) is 5.24 Å². The summed E-state index contributed by atoms with van der Waals surface area (Å²) in [5.74, 6) is 0.280. The molecule has 1 saturated heterocycles. The number of carbonyl (C=O) groups is 1. The molecule has 74 valence electrons. The van der Waals surface area contributed by atoms with Gasteiger partial charge in [0.15, 0.2) is 0 Å². The van der Waals surface area contributed by atoms with Crippen LogP contribution in [0.1, 0.15) is 5.56 Å². The first-order chi connectivity index (χ1) is 6.74. The maximum atomic E-state index is 10.9. The van der Waals surface area contributed by atoms with E-state index in [2.05, 4.69) is 5.32 Å². The Bertz CT molecular complexity index is 336. The zero-order valence-corrected chi connectivity index (χ0v) is 8.38. The van der Waals surface area contributed by atoms with Crippen LogP contribution in [-0.4, -0.2) is 22.1 Å². The topological polar surface area (TPSA) is 49.3 Å². The molecule has 1 fully saturated rings. The Morgan fingerprint density at radius 1 is 1.43 bits per heavy atom. The van der Waals surface area contributed by atoms with Crippen molar-refractivity contribution in [1.82, 2.24) is 5.32 Å². The van der Waals surface area contributed by atoms with Crippen LogP contribution in [0.3, 0.4) is 0 Å². The summed E-state index contributed by atoms with van der Waals surface area (Å²) in [6.07, 6.45) is 0.865. The molecule has 1 aliphatic heterocycles. The van der Waals surface area contributed by atoms with Gasteiger partial charge in [-0.3, -0.25) is 4.79 Å². The number of aromatic hydroxyl groups is 1. The minimum atomic E-state index is 0.0637. The Kier molecular flexibility index (Phi) is 2.63. The Morgan fingerprint density at radius 3 is 2.71 bits per heavy atom. The van der Waals surface area contributed by atoms with Crippen LogP contribution in [0.25, 0.3) is 0 Å². The second-order valence-electron chi connectivity index (χ2n) is 3.28. The molecule has 1 aliphatic rings. The number of rotatable bonds is 2. The van der Waals surface area contributed by atoms with Gasteiger partial charge in [-0.15, -0.1) is 0 Å². The van der Waals surface area contributed by atoms with Gasteiger partial charge in [0.2, 0.25) is 0 Å². The molecule has 2 N–H and O–H groups in total. The second-order valence-corrected chi connectivity index (χ2v) is 4.55. The van der Waals surface area contributed by atoms with Gasteiger partial charge < -0.3 is 10.4 Å². The van der Waals surface area contributed by atoms with E-state index < -0.39 is 0 Å². The fraction of sp³-hybridized carbons (Fsp3) is 0.300.